The second kappa shape index (κ2) is 6.88. The molecule has 0 atom stereocenters. The van der Waals surface area contributed by atoms with Crippen LogP contribution in [0.25, 0.3) is 0 Å². The smallest absolute Gasteiger partial charge is 0.162 e. The molecule has 0 spiro atoms. The topological polar surface area (TPSA) is 35.0 Å². The summed E-state index contributed by atoms with van der Waals surface area (Å²) in [6.07, 6.45) is 6.69. The highest BCUT2D eigenvalue weighted by molar-refractivity contribution is 14.1. The van der Waals surface area contributed by atoms with Crippen molar-refractivity contribution in [2.45, 2.75) is 63.9 Å². The van der Waals surface area contributed by atoms with Gasteiger partial charge in [-0.1, -0.05) is 38.3 Å². The summed E-state index contributed by atoms with van der Waals surface area (Å²) in [7, 11) is 1.73. The summed E-state index contributed by atoms with van der Waals surface area (Å²) >= 11 is 8.64. The lowest BCUT2D eigenvalue weighted by molar-refractivity contribution is -0.0293. The number of ether oxygens (including phenoxy) is 1. The lowest BCUT2D eigenvalue weighted by Crippen LogP contribution is -2.30. The number of methoxy groups -OCH3 is 1. The van der Waals surface area contributed by atoms with E-state index in [1.165, 1.54) is 25.7 Å². The van der Waals surface area contributed by atoms with Gasteiger partial charge in [0.15, 0.2) is 5.82 Å². The number of rotatable bonds is 5. The van der Waals surface area contributed by atoms with Gasteiger partial charge in [-0.15, -0.1) is 0 Å². The van der Waals surface area contributed by atoms with Crippen molar-refractivity contribution in [1.29, 1.82) is 0 Å². The molecule has 1 aromatic rings. The van der Waals surface area contributed by atoms with Crippen molar-refractivity contribution in [3.63, 3.8) is 0 Å². The zero-order valence-corrected chi connectivity index (χ0v) is 15.3. The Morgan fingerprint density at radius 3 is 2.35 bits per heavy atom. The van der Waals surface area contributed by atoms with Crippen LogP contribution in [0.5, 0.6) is 0 Å². The van der Waals surface area contributed by atoms with Crippen LogP contribution in [-0.4, -0.2) is 17.1 Å². The van der Waals surface area contributed by atoms with Gasteiger partial charge in [0, 0.05) is 13.0 Å². The van der Waals surface area contributed by atoms with Gasteiger partial charge in [-0.05, 0) is 48.3 Å². The molecule has 5 heteroatoms. The van der Waals surface area contributed by atoms with Crippen molar-refractivity contribution in [2.75, 3.05) is 7.11 Å². The highest BCUT2D eigenvalue weighted by Gasteiger charge is 2.34. The van der Waals surface area contributed by atoms with E-state index >= 15 is 0 Å². The van der Waals surface area contributed by atoms with Crippen molar-refractivity contribution in [3.8, 4) is 0 Å². The first-order valence-corrected chi connectivity index (χ1v) is 8.82. The summed E-state index contributed by atoms with van der Waals surface area (Å²) < 4.78 is 6.76. The Kier molecular flexibility index (Phi) is 5.65. The first-order chi connectivity index (χ1) is 9.57. The van der Waals surface area contributed by atoms with Crippen molar-refractivity contribution < 1.29 is 4.74 Å². The molecule has 1 fully saturated rings. The molecule has 1 saturated carbocycles. The first-order valence-electron chi connectivity index (χ1n) is 7.36. The quantitative estimate of drug-likeness (QED) is 0.505. The first kappa shape index (κ1) is 16.4. The minimum atomic E-state index is -0.415. The van der Waals surface area contributed by atoms with E-state index in [0.29, 0.717) is 11.1 Å². The number of hydrogen-bond acceptors (Lipinski definition) is 3. The summed E-state index contributed by atoms with van der Waals surface area (Å²) in [5.41, 5.74) is 0.711. The van der Waals surface area contributed by atoms with Crippen LogP contribution in [-0.2, 0) is 10.3 Å². The second-order valence-corrected chi connectivity index (χ2v) is 6.86. The molecule has 1 aliphatic rings. The van der Waals surface area contributed by atoms with Crippen LogP contribution in [0, 0.1) is 3.57 Å². The average molecular weight is 409 g/mol. The lowest BCUT2D eigenvalue weighted by Gasteiger charge is -2.29. The molecule has 20 heavy (non-hydrogen) atoms. The third-order valence-corrected chi connectivity index (χ3v) is 6.17. The maximum Gasteiger partial charge on any atom is 0.162 e. The maximum atomic E-state index is 6.36. The zero-order valence-electron chi connectivity index (χ0n) is 12.4. The average Bonchev–Trinajstić information content (AvgIpc) is 2.99. The van der Waals surface area contributed by atoms with Crippen molar-refractivity contribution in [1.82, 2.24) is 9.97 Å². The van der Waals surface area contributed by atoms with E-state index in [4.69, 9.17) is 21.3 Å². The fourth-order valence-corrected chi connectivity index (χ4v) is 3.91. The predicted molar refractivity (Wildman–Crippen MR) is 90.2 cm³/mol. The molecule has 0 aromatic carbocycles. The molecule has 3 nitrogen and oxygen atoms in total. The maximum absolute atomic E-state index is 6.36. The summed E-state index contributed by atoms with van der Waals surface area (Å²) in [6.45, 7) is 4.22. The van der Waals surface area contributed by atoms with Gasteiger partial charge in [-0.25, -0.2) is 9.97 Å². The fraction of sp³-hybridized carbons (Fsp3) is 0.733. The molecule has 0 saturated heterocycles. The van der Waals surface area contributed by atoms with Gasteiger partial charge >= 0.3 is 0 Å². The highest BCUT2D eigenvalue weighted by atomic mass is 127. The number of halogens is 2. The summed E-state index contributed by atoms with van der Waals surface area (Å²) in [5, 5.41) is 0.570. The Morgan fingerprint density at radius 1 is 1.25 bits per heavy atom. The monoisotopic (exact) mass is 408 g/mol. The van der Waals surface area contributed by atoms with E-state index in [-0.39, 0.29) is 0 Å². The van der Waals surface area contributed by atoms with Gasteiger partial charge in [0.1, 0.15) is 10.8 Å². The van der Waals surface area contributed by atoms with Gasteiger partial charge in [-0.2, -0.15) is 0 Å². The van der Waals surface area contributed by atoms with E-state index in [1.807, 2.05) is 0 Å². The van der Waals surface area contributed by atoms with Gasteiger partial charge in [-0.3, -0.25) is 0 Å². The molecule has 112 valence electrons. The van der Waals surface area contributed by atoms with Crippen LogP contribution in [0.2, 0.25) is 5.15 Å². The Balaban J connectivity index is 2.49. The van der Waals surface area contributed by atoms with Crippen LogP contribution in [0.3, 0.4) is 0 Å². The van der Waals surface area contributed by atoms with Gasteiger partial charge in [0.05, 0.1) is 9.26 Å². The standard InChI is InChI=1S/C15H22ClIN2O/c1-4-15(5-2,20-3)14-18-12(10-8-6-7-9-10)11(17)13(16)19-14/h10H,4-9H2,1-3H3. The van der Waals surface area contributed by atoms with Crippen LogP contribution >= 0.6 is 34.2 Å². The Morgan fingerprint density at radius 2 is 1.85 bits per heavy atom. The molecule has 1 aliphatic carbocycles. The fourth-order valence-electron chi connectivity index (χ4n) is 3.06. The number of nitrogens with zero attached hydrogens (tertiary/aromatic N) is 2. The number of aromatic nitrogens is 2. The van der Waals surface area contributed by atoms with Crippen molar-refractivity contribution >= 4 is 34.2 Å². The molecule has 0 aliphatic heterocycles. The van der Waals surface area contributed by atoms with Crippen LogP contribution < -0.4 is 0 Å². The Bertz CT molecular complexity index is 463. The molecular weight excluding hydrogens is 387 g/mol. The largest absolute Gasteiger partial charge is 0.370 e. The summed E-state index contributed by atoms with van der Waals surface area (Å²) in [4.78, 5) is 9.38. The second-order valence-electron chi connectivity index (χ2n) is 5.42. The van der Waals surface area contributed by atoms with Crippen molar-refractivity contribution in [3.05, 3.63) is 20.2 Å². The minimum Gasteiger partial charge on any atom is -0.370 e. The molecule has 0 amide bonds. The third kappa shape index (κ3) is 2.97. The van der Waals surface area contributed by atoms with Crippen LogP contribution in [0.1, 0.15) is 69.8 Å². The zero-order chi connectivity index (χ0) is 14.8. The Labute approximate surface area is 140 Å². The van der Waals surface area contributed by atoms with E-state index in [2.05, 4.69) is 41.4 Å². The normalized spacial score (nSPS) is 16.9. The molecule has 0 unspecified atom stereocenters. The molecule has 1 aromatic heterocycles. The SMILES string of the molecule is CCC(CC)(OC)c1nc(Cl)c(I)c(C2CCCC2)n1. The third-order valence-electron chi connectivity index (χ3n) is 4.52. The Hall–Kier alpha value is 0.0600. The van der Waals surface area contributed by atoms with Crippen LogP contribution in [0.4, 0.5) is 0 Å². The minimum absolute atomic E-state index is 0.415. The van der Waals surface area contributed by atoms with E-state index < -0.39 is 5.60 Å². The molecule has 2 rings (SSSR count). The van der Waals surface area contributed by atoms with Gasteiger partial charge in [0.2, 0.25) is 0 Å². The molecule has 0 N–H and O–H groups in total. The van der Waals surface area contributed by atoms with Crippen molar-refractivity contribution in [2.24, 2.45) is 0 Å². The lowest BCUT2D eigenvalue weighted by atomic mass is 9.95. The van der Waals surface area contributed by atoms with Crippen LogP contribution in [0.15, 0.2) is 0 Å². The van der Waals surface area contributed by atoms with E-state index in [0.717, 1.165) is 27.9 Å². The highest BCUT2D eigenvalue weighted by Crippen LogP contribution is 2.39. The molecular formula is C15H22ClIN2O. The molecule has 1 heterocycles. The van der Waals surface area contributed by atoms with Gasteiger partial charge in [0.25, 0.3) is 0 Å². The predicted octanol–water partition coefficient (Wildman–Crippen LogP) is 5.05. The van der Waals surface area contributed by atoms with E-state index in [1.54, 1.807) is 7.11 Å². The summed E-state index contributed by atoms with van der Waals surface area (Å²) in [6, 6.07) is 0. The number of hydrogen-bond donors (Lipinski definition) is 0. The molecule has 0 bridgehead atoms. The van der Waals surface area contributed by atoms with E-state index in [9.17, 15) is 0 Å². The van der Waals surface area contributed by atoms with Gasteiger partial charge < -0.3 is 4.74 Å². The summed E-state index contributed by atoms with van der Waals surface area (Å²) in [5.74, 6) is 1.28. The molecule has 0 radical (unpaired) electrons.